The topological polar surface area (TPSA) is 70.3 Å². The first-order valence-electron chi connectivity index (χ1n) is 5.92. The Balaban J connectivity index is 2.34. The third-order valence-electron chi connectivity index (χ3n) is 2.76. The predicted molar refractivity (Wildman–Crippen MR) is 66.6 cm³/mol. The molecule has 1 aromatic carbocycles. The molecule has 96 valence electrons. The van der Waals surface area contributed by atoms with Crippen LogP contribution in [0, 0.1) is 11.3 Å². The van der Waals surface area contributed by atoms with Gasteiger partial charge in [0, 0.05) is 6.42 Å². The van der Waals surface area contributed by atoms with E-state index in [1.165, 1.54) is 7.11 Å². The number of hydrogen-bond donors (Lipinski definition) is 1. The third kappa shape index (κ3) is 4.56. The Labute approximate surface area is 107 Å². The Morgan fingerprint density at radius 3 is 2.61 bits per heavy atom. The summed E-state index contributed by atoms with van der Waals surface area (Å²) in [6.07, 6.45) is 1.91. The molecule has 0 bridgehead atoms. The number of esters is 1. The third-order valence-corrected chi connectivity index (χ3v) is 2.76. The number of nitriles is 1. The molecule has 0 fully saturated rings. The van der Waals surface area contributed by atoms with Crippen molar-refractivity contribution in [2.75, 3.05) is 7.11 Å². The van der Waals surface area contributed by atoms with Gasteiger partial charge in [0.15, 0.2) is 0 Å². The molecule has 4 nitrogen and oxygen atoms in total. The lowest BCUT2D eigenvalue weighted by atomic mass is 10.0. The maximum atomic E-state index is 10.9. The molecule has 1 N–H and O–H groups in total. The van der Waals surface area contributed by atoms with Crippen molar-refractivity contribution in [3.05, 3.63) is 35.4 Å². The van der Waals surface area contributed by atoms with E-state index in [0.717, 1.165) is 12.0 Å². The standard InChI is InChI=1S/C14H17NO3/c1-18-14(17)5-3-2-4-13(16)12-8-6-11(10-15)7-9-12/h6-9,13,16H,2-5H2,1H3. The van der Waals surface area contributed by atoms with Crippen molar-refractivity contribution in [1.29, 1.82) is 5.26 Å². The summed E-state index contributed by atoms with van der Waals surface area (Å²) in [5.74, 6) is -0.220. The summed E-state index contributed by atoms with van der Waals surface area (Å²) >= 11 is 0. The zero-order valence-corrected chi connectivity index (χ0v) is 10.4. The minimum atomic E-state index is -0.546. The largest absolute Gasteiger partial charge is 0.469 e. The second-order valence-corrected chi connectivity index (χ2v) is 4.07. The molecule has 0 amide bonds. The van der Waals surface area contributed by atoms with Gasteiger partial charge in [-0.15, -0.1) is 0 Å². The maximum absolute atomic E-state index is 10.9. The van der Waals surface area contributed by atoms with Crippen molar-refractivity contribution in [2.24, 2.45) is 0 Å². The van der Waals surface area contributed by atoms with E-state index in [2.05, 4.69) is 4.74 Å². The fraction of sp³-hybridized carbons (Fsp3) is 0.429. The van der Waals surface area contributed by atoms with Crippen molar-refractivity contribution in [3.63, 3.8) is 0 Å². The number of unbranched alkanes of at least 4 members (excludes halogenated alkanes) is 1. The van der Waals surface area contributed by atoms with Gasteiger partial charge in [-0.05, 0) is 37.0 Å². The molecule has 0 spiro atoms. The lowest BCUT2D eigenvalue weighted by molar-refractivity contribution is -0.140. The van der Waals surface area contributed by atoms with Crippen molar-refractivity contribution in [2.45, 2.75) is 31.8 Å². The molecule has 1 unspecified atom stereocenters. The van der Waals surface area contributed by atoms with Crippen molar-refractivity contribution < 1.29 is 14.6 Å². The van der Waals surface area contributed by atoms with E-state index in [9.17, 15) is 9.90 Å². The number of benzene rings is 1. The number of methoxy groups -OCH3 is 1. The number of rotatable bonds is 6. The molecule has 1 aromatic rings. The van der Waals surface area contributed by atoms with Crippen LogP contribution in [0.2, 0.25) is 0 Å². The van der Waals surface area contributed by atoms with Crippen LogP contribution in [0.4, 0.5) is 0 Å². The van der Waals surface area contributed by atoms with Gasteiger partial charge in [0.1, 0.15) is 0 Å². The van der Waals surface area contributed by atoms with Gasteiger partial charge in [0.25, 0.3) is 0 Å². The molecule has 0 aliphatic heterocycles. The summed E-state index contributed by atoms with van der Waals surface area (Å²) in [6, 6.07) is 8.91. The predicted octanol–water partition coefficient (Wildman–Crippen LogP) is 2.33. The summed E-state index contributed by atoms with van der Waals surface area (Å²) in [5.41, 5.74) is 1.38. The first-order valence-corrected chi connectivity index (χ1v) is 5.92. The number of carbonyl (C=O) groups is 1. The average molecular weight is 247 g/mol. The van der Waals surface area contributed by atoms with E-state index in [-0.39, 0.29) is 5.97 Å². The summed E-state index contributed by atoms with van der Waals surface area (Å²) < 4.78 is 4.54. The highest BCUT2D eigenvalue weighted by atomic mass is 16.5. The molecule has 1 atom stereocenters. The lowest BCUT2D eigenvalue weighted by Gasteiger charge is -2.10. The van der Waals surface area contributed by atoms with Gasteiger partial charge in [-0.3, -0.25) is 4.79 Å². The molecule has 1 rings (SSSR count). The molecule has 18 heavy (non-hydrogen) atoms. The highest BCUT2D eigenvalue weighted by Crippen LogP contribution is 2.20. The first-order chi connectivity index (χ1) is 8.67. The van der Waals surface area contributed by atoms with E-state index in [1.807, 2.05) is 6.07 Å². The van der Waals surface area contributed by atoms with Crippen LogP contribution in [0.3, 0.4) is 0 Å². The molecular formula is C14H17NO3. The van der Waals surface area contributed by atoms with E-state index in [4.69, 9.17) is 5.26 Å². The van der Waals surface area contributed by atoms with Crippen LogP contribution in [0.1, 0.15) is 42.9 Å². The normalized spacial score (nSPS) is 11.6. The number of ether oxygens (including phenoxy) is 1. The van der Waals surface area contributed by atoms with Crippen LogP contribution in [0.15, 0.2) is 24.3 Å². The van der Waals surface area contributed by atoms with Crippen LogP contribution >= 0.6 is 0 Å². The van der Waals surface area contributed by atoms with Gasteiger partial charge in [0.2, 0.25) is 0 Å². The van der Waals surface area contributed by atoms with Crippen molar-refractivity contribution >= 4 is 5.97 Å². The van der Waals surface area contributed by atoms with Crippen LogP contribution in [0.5, 0.6) is 0 Å². The minimum Gasteiger partial charge on any atom is -0.469 e. The summed E-state index contributed by atoms with van der Waals surface area (Å²) in [4.78, 5) is 10.9. The van der Waals surface area contributed by atoms with Gasteiger partial charge in [-0.25, -0.2) is 0 Å². The lowest BCUT2D eigenvalue weighted by Crippen LogP contribution is -2.01. The van der Waals surface area contributed by atoms with Crippen LogP contribution in [-0.4, -0.2) is 18.2 Å². The summed E-state index contributed by atoms with van der Waals surface area (Å²) in [6.45, 7) is 0. The molecule has 0 aromatic heterocycles. The van der Waals surface area contributed by atoms with Gasteiger partial charge < -0.3 is 9.84 Å². The highest BCUT2D eigenvalue weighted by molar-refractivity contribution is 5.68. The van der Waals surface area contributed by atoms with Crippen molar-refractivity contribution in [3.8, 4) is 6.07 Å². The van der Waals surface area contributed by atoms with Crippen LogP contribution < -0.4 is 0 Å². The molecule has 0 heterocycles. The Kier molecular flexibility index (Phi) is 5.89. The van der Waals surface area contributed by atoms with Gasteiger partial charge >= 0.3 is 5.97 Å². The first kappa shape index (κ1) is 14.2. The zero-order chi connectivity index (χ0) is 13.4. The molecular weight excluding hydrogens is 230 g/mol. The Morgan fingerprint density at radius 1 is 1.39 bits per heavy atom. The number of aliphatic hydroxyl groups is 1. The fourth-order valence-electron chi connectivity index (χ4n) is 1.66. The Morgan fingerprint density at radius 2 is 2.06 bits per heavy atom. The number of nitrogens with zero attached hydrogens (tertiary/aromatic N) is 1. The molecule has 4 heteroatoms. The van der Waals surface area contributed by atoms with Gasteiger partial charge in [0.05, 0.1) is 24.8 Å². The van der Waals surface area contributed by atoms with E-state index >= 15 is 0 Å². The molecule has 0 saturated heterocycles. The van der Waals surface area contributed by atoms with E-state index in [0.29, 0.717) is 24.8 Å². The Bertz CT molecular complexity index is 420. The zero-order valence-electron chi connectivity index (χ0n) is 10.4. The monoisotopic (exact) mass is 247 g/mol. The van der Waals surface area contributed by atoms with Crippen molar-refractivity contribution in [1.82, 2.24) is 0 Å². The molecule has 0 saturated carbocycles. The Hall–Kier alpha value is -1.86. The van der Waals surface area contributed by atoms with E-state index in [1.54, 1.807) is 24.3 Å². The SMILES string of the molecule is COC(=O)CCCCC(O)c1ccc(C#N)cc1. The second-order valence-electron chi connectivity index (χ2n) is 4.07. The number of carbonyl (C=O) groups excluding carboxylic acids is 1. The summed E-state index contributed by atoms with van der Waals surface area (Å²) in [5, 5.41) is 18.6. The number of hydrogen-bond acceptors (Lipinski definition) is 4. The van der Waals surface area contributed by atoms with Crippen LogP contribution in [0.25, 0.3) is 0 Å². The smallest absolute Gasteiger partial charge is 0.305 e. The van der Waals surface area contributed by atoms with E-state index < -0.39 is 6.10 Å². The average Bonchev–Trinajstić information content (AvgIpc) is 2.43. The molecule has 0 radical (unpaired) electrons. The second kappa shape index (κ2) is 7.46. The minimum absolute atomic E-state index is 0.220. The van der Waals surface area contributed by atoms with Crippen LogP contribution in [-0.2, 0) is 9.53 Å². The van der Waals surface area contributed by atoms with Gasteiger partial charge in [-0.1, -0.05) is 12.1 Å². The fourth-order valence-corrected chi connectivity index (χ4v) is 1.66. The summed E-state index contributed by atoms with van der Waals surface area (Å²) in [7, 11) is 1.37. The number of aliphatic hydroxyl groups excluding tert-OH is 1. The molecule has 0 aliphatic carbocycles. The van der Waals surface area contributed by atoms with Gasteiger partial charge in [-0.2, -0.15) is 5.26 Å². The maximum Gasteiger partial charge on any atom is 0.305 e. The molecule has 0 aliphatic rings. The highest BCUT2D eigenvalue weighted by Gasteiger charge is 2.08. The quantitative estimate of drug-likeness (QED) is 0.618.